The van der Waals surface area contributed by atoms with Crippen molar-refractivity contribution in [3.05, 3.63) is 4.91 Å². The lowest BCUT2D eigenvalue weighted by atomic mass is 9.83. The molecule has 0 spiro atoms. The molecule has 0 radical (unpaired) electrons. The molecular formula is C9H19NO. The lowest BCUT2D eigenvalue weighted by Gasteiger charge is -2.22. The largest absolute Gasteiger partial charge is 0.151 e. The van der Waals surface area contributed by atoms with Crippen molar-refractivity contribution in [3.63, 3.8) is 0 Å². The highest BCUT2D eigenvalue weighted by molar-refractivity contribution is 4.67. The Balaban J connectivity index is 3.45. The van der Waals surface area contributed by atoms with E-state index in [2.05, 4.69) is 25.9 Å². The quantitative estimate of drug-likeness (QED) is 0.429. The van der Waals surface area contributed by atoms with Gasteiger partial charge in [0.1, 0.15) is 0 Å². The molecule has 66 valence electrons. The van der Waals surface area contributed by atoms with Gasteiger partial charge in [0.05, 0.1) is 6.54 Å². The fourth-order valence-electron chi connectivity index (χ4n) is 1.42. The monoisotopic (exact) mass is 157 g/mol. The summed E-state index contributed by atoms with van der Waals surface area (Å²) in [6.45, 7) is 7.18. The lowest BCUT2D eigenvalue weighted by Crippen LogP contribution is -2.10. The maximum absolute atomic E-state index is 9.80. The van der Waals surface area contributed by atoms with Gasteiger partial charge in [-0.1, -0.05) is 32.4 Å². The normalized spacial score (nSPS) is 11.5. The summed E-state index contributed by atoms with van der Waals surface area (Å²) < 4.78 is 0. The van der Waals surface area contributed by atoms with Crippen LogP contribution in [0.1, 0.15) is 46.5 Å². The van der Waals surface area contributed by atoms with Crippen LogP contribution in [0.15, 0.2) is 5.18 Å². The van der Waals surface area contributed by atoms with Crippen LogP contribution in [0.2, 0.25) is 0 Å². The Kier molecular flexibility index (Phi) is 5.08. The van der Waals surface area contributed by atoms with Crippen LogP contribution >= 0.6 is 0 Å². The van der Waals surface area contributed by atoms with Crippen LogP contribution in [0.5, 0.6) is 0 Å². The third kappa shape index (κ3) is 6.02. The molecule has 2 nitrogen and oxygen atoms in total. The maximum Gasteiger partial charge on any atom is 0.0811 e. The SMILES string of the molecule is CCCC(C)(C)CCCN=O. The summed E-state index contributed by atoms with van der Waals surface area (Å²) in [6, 6.07) is 0. The molecule has 2 heteroatoms. The van der Waals surface area contributed by atoms with E-state index in [9.17, 15) is 4.91 Å². The number of hydrogen-bond acceptors (Lipinski definition) is 2. The highest BCUT2D eigenvalue weighted by Crippen LogP contribution is 2.27. The van der Waals surface area contributed by atoms with E-state index in [0.717, 1.165) is 12.8 Å². The van der Waals surface area contributed by atoms with Crippen molar-refractivity contribution in [2.75, 3.05) is 6.54 Å². The smallest absolute Gasteiger partial charge is 0.0811 e. The van der Waals surface area contributed by atoms with E-state index in [1.54, 1.807) is 0 Å². The van der Waals surface area contributed by atoms with Crippen molar-refractivity contribution in [3.8, 4) is 0 Å². The van der Waals surface area contributed by atoms with E-state index < -0.39 is 0 Å². The van der Waals surface area contributed by atoms with Crippen LogP contribution in [0.4, 0.5) is 0 Å². The maximum atomic E-state index is 9.80. The van der Waals surface area contributed by atoms with Gasteiger partial charge in [0.15, 0.2) is 0 Å². The summed E-state index contributed by atoms with van der Waals surface area (Å²) >= 11 is 0. The Morgan fingerprint density at radius 1 is 1.27 bits per heavy atom. The van der Waals surface area contributed by atoms with Crippen LogP contribution in [0, 0.1) is 10.3 Å². The Hall–Kier alpha value is -0.400. The molecule has 0 unspecified atom stereocenters. The molecule has 0 rings (SSSR count). The van der Waals surface area contributed by atoms with Gasteiger partial charge in [-0.15, -0.1) is 0 Å². The van der Waals surface area contributed by atoms with Crippen LogP contribution in [0.3, 0.4) is 0 Å². The average Bonchev–Trinajstić information content (AvgIpc) is 1.87. The molecular weight excluding hydrogens is 138 g/mol. The van der Waals surface area contributed by atoms with Crippen LogP contribution in [-0.4, -0.2) is 6.54 Å². The highest BCUT2D eigenvalue weighted by Gasteiger charge is 2.15. The molecule has 0 aliphatic heterocycles. The van der Waals surface area contributed by atoms with E-state index in [0.29, 0.717) is 12.0 Å². The van der Waals surface area contributed by atoms with Gasteiger partial charge in [-0.3, -0.25) is 0 Å². The van der Waals surface area contributed by atoms with Crippen LogP contribution in [0.25, 0.3) is 0 Å². The molecule has 11 heavy (non-hydrogen) atoms. The summed E-state index contributed by atoms with van der Waals surface area (Å²) in [5.74, 6) is 0. The first-order valence-electron chi connectivity index (χ1n) is 4.41. The number of hydrogen-bond donors (Lipinski definition) is 0. The molecule has 0 N–H and O–H groups in total. The standard InChI is InChI=1S/C9H19NO/c1-4-6-9(2,3)7-5-8-10-11/h4-8H2,1-3H3. The molecule has 0 heterocycles. The molecule has 0 bridgehead atoms. The van der Waals surface area contributed by atoms with Gasteiger partial charge < -0.3 is 0 Å². The highest BCUT2D eigenvalue weighted by atomic mass is 16.3. The van der Waals surface area contributed by atoms with E-state index >= 15 is 0 Å². The van der Waals surface area contributed by atoms with Gasteiger partial charge in [-0.2, -0.15) is 4.91 Å². The minimum atomic E-state index is 0.402. The predicted octanol–water partition coefficient (Wildman–Crippen LogP) is 3.36. The number of nitrogens with zero attached hydrogens (tertiary/aromatic N) is 1. The summed E-state index contributed by atoms with van der Waals surface area (Å²) in [5, 5.41) is 2.85. The molecule has 0 atom stereocenters. The first kappa shape index (κ1) is 10.6. The third-order valence-electron chi connectivity index (χ3n) is 2.03. The van der Waals surface area contributed by atoms with E-state index in [-0.39, 0.29) is 0 Å². The first-order chi connectivity index (χ1) is 5.12. The van der Waals surface area contributed by atoms with Gasteiger partial charge in [-0.05, 0) is 24.7 Å². The molecule has 0 aromatic carbocycles. The van der Waals surface area contributed by atoms with Gasteiger partial charge >= 0.3 is 0 Å². The minimum absolute atomic E-state index is 0.402. The average molecular weight is 157 g/mol. The summed E-state index contributed by atoms with van der Waals surface area (Å²) in [4.78, 5) is 9.80. The van der Waals surface area contributed by atoms with Crippen molar-refractivity contribution in [1.29, 1.82) is 0 Å². The zero-order chi connectivity index (χ0) is 8.74. The van der Waals surface area contributed by atoms with Gasteiger partial charge in [-0.25, -0.2) is 0 Å². The zero-order valence-electron chi connectivity index (χ0n) is 7.89. The Bertz CT molecular complexity index is 110. The lowest BCUT2D eigenvalue weighted by molar-refractivity contribution is 0.298. The molecule has 0 aliphatic carbocycles. The van der Waals surface area contributed by atoms with Gasteiger partial charge in [0.2, 0.25) is 0 Å². The molecule has 0 saturated carbocycles. The molecule has 0 aromatic heterocycles. The predicted molar refractivity (Wildman–Crippen MR) is 48.6 cm³/mol. The Morgan fingerprint density at radius 3 is 2.36 bits per heavy atom. The second-order valence-electron chi connectivity index (χ2n) is 3.87. The Morgan fingerprint density at radius 2 is 1.91 bits per heavy atom. The van der Waals surface area contributed by atoms with E-state index in [1.165, 1.54) is 12.8 Å². The summed E-state index contributed by atoms with van der Waals surface area (Å²) in [5.41, 5.74) is 0.402. The van der Waals surface area contributed by atoms with Gasteiger partial charge in [0.25, 0.3) is 0 Å². The molecule has 0 saturated heterocycles. The number of nitroso groups, excluding NO2 is 1. The second-order valence-corrected chi connectivity index (χ2v) is 3.87. The van der Waals surface area contributed by atoms with Crippen molar-refractivity contribution < 1.29 is 0 Å². The summed E-state index contributed by atoms with van der Waals surface area (Å²) in [7, 11) is 0. The number of rotatable bonds is 6. The molecule has 0 amide bonds. The summed E-state index contributed by atoms with van der Waals surface area (Å²) in [6.07, 6.45) is 4.52. The van der Waals surface area contributed by atoms with E-state index in [4.69, 9.17) is 0 Å². The molecule has 0 aliphatic rings. The van der Waals surface area contributed by atoms with Crippen molar-refractivity contribution in [2.45, 2.75) is 46.5 Å². The second kappa shape index (κ2) is 5.28. The minimum Gasteiger partial charge on any atom is -0.151 e. The molecule has 0 fully saturated rings. The Labute approximate surface area is 69.4 Å². The molecule has 0 aromatic rings. The topological polar surface area (TPSA) is 29.4 Å². The first-order valence-corrected chi connectivity index (χ1v) is 4.41. The fourth-order valence-corrected chi connectivity index (χ4v) is 1.42. The van der Waals surface area contributed by atoms with Crippen molar-refractivity contribution in [2.24, 2.45) is 10.6 Å². The fraction of sp³-hybridized carbons (Fsp3) is 1.00. The van der Waals surface area contributed by atoms with Crippen LogP contribution < -0.4 is 0 Å². The van der Waals surface area contributed by atoms with Gasteiger partial charge in [0, 0.05) is 0 Å². The van der Waals surface area contributed by atoms with Crippen molar-refractivity contribution in [1.82, 2.24) is 0 Å². The third-order valence-corrected chi connectivity index (χ3v) is 2.03. The van der Waals surface area contributed by atoms with Crippen molar-refractivity contribution >= 4 is 0 Å². The van der Waals surface area contributed by atoms with E-state index in [1.807, 2.05) is 0 Å². The van der Waals surface area contributed by atoms with Crippen LogP contribution in [-0.2, 0) is 0 Å². The zero-order valence-corrected chi connectivity index (χ0v) is 7.89.